The Bertz CT molecular complexity index is 324. The van der Waals surface area contributed by atoms with Crippen molar-refractivity contribution in [1.82, 2.24) is 8.61 Å². The van der Waals surface area contributed by atoms with E-state index in [2.05, 4.69) is 6.92 Å². The van der Waals surface area contributed by atoms with Crippen LogP contribution in [0.15, 0.2) is 0 Å². The van der Waals surface area contributed by atoms with Crippen LogP contribution in [-0.4, -0.2) is 49.8 Å². The second-order valence-corrected chi connectivity index (χ2v) is 6.67. The van der Waals surface area contributed by atoms with Crippen LogP contribution in [0.3, 0.4) is 0 Å². The Morgan fingerprint density at radius 1 is 1.39 bits per heavy atom. The fourth-order valence-electron chi connectivity index (χ4n) is 2.19. The maximum atomic E-state index is 12.4. The minimum absolute atomic E-state index is 0. The number of hydrogen-bond acceptors (Lipinski definition) is 3. The summed E-state index contributed by atoms with van der Waals surface area (Å²) in [6, 6.07) is -0.0159. The molecule has 0 bridgehead atoms. The fourth-order valence-corrected chi connectivity index (χ4v) is 3.83. The van der Waals surface area contributed by atoms with E-state index in [9.17, 15) is 8.42 Å². The number of nitrogens with two attached hydrogens (primary N) is 1. The predicted molar refractivity (Wildman–Crippen MR) is 77.1 cm³/mol. The topological polar surface area (TPSA) is 66.6 Å². The van der Waals surface area contributed by atoms with E-state index in [1.807, 2.05) is 0 Å². The second kappa shape index (κ2) is 8.32. The molecule has 2 N–H and O–H groups in total. The average molecular weight is 300 g/mol. The van der Waals surface area contributed by atoms with E-state index in [1.54, 1.807) is 11.4 Å². The molecule has 1 aliphatic rings. The van der Waals surface area contributed by atoms with Crippen LogP contribution in [0.1, 0.15) is 39.0 Å². The van der Waals surface area contributed by atoms with Crippen LogP contribution in [0.5, 0.6) is 0 Å². The largest absolute Gasteiger partial charge is 0.329 e. The van der Waals surface area contributed by atoms with Crippen molar-refractivity contribution < 1.29 is 8.42 Å². The number of rotatable bonds is 6. The summed E-state index contributed by atoms with van der Waals surface area (Å²) in [6.45, 7) is 3.68. The lowest BCUT2D eigenvalue weighted by Gasteiger charge is -2.36. The standard InChI is InChI=1S/C11H25N3O2S.ClH/c1-3-4-8-13(2)17(15,16)14-9-6-5-7-11(14)10-12;/h11H,3-10,12H2,1-2H3;1H. The van der Waals surface area contributed by atoms with Gasteiger partial charge in [0.1, 0.15) is 0 Å². The molecule has 0 radical (unpaired) electrons. The molecule has 0 aromatic rings. The van der Waals surface area contributed by atoms with Gasteiger partial charge in [-0.2, -0.15) is 17.0 Å². The molecule has 1 fully saturated rings. The summed E-state index contributed by atoms with van der Waals surface area (Å²) >= 11 is 0. The van der Waals surface area contributed by atoms with Crippen LogP contribution < -0.4 is 5.73 Å². The molecule has 0 aromatic carbocycles. The molecule has 0 saturated carbocycles. The number of nitrogens with zero attached hydrogens (tertiary/aromatic N) is 2. The van der Waals surface area contributed by atoms with E-state index < -0.39 is 10.2 Å². The zero-order chi connectivity index (χ0) is 12.9. The lowest BCUT2D eigenvalue weighted by molar-refractivity contribution is 0.240. The van der Waals surface area contributed by atoms with Crippen molar-refractivity contribution in [3.63, 3.8) is 0 Å². The van der Waals surface area contributed by atoms with E-state index in [0.29, 0.717) is 19.6 Å². The summed E-state index contributed by atoms with van der Waals surface area (Å²) in [7, 11) is -1.65. The van der Waals surface area contributed by atoms with Gasteiger partial charge >= 0.3 is 0 Å². The van der Waals surface area contributed by atoms with Gasteiger partial charge < -0.3 is 5.73 Å². The quantitative estimate of drug-likeness (QED) is 0.801. The Balaban J connectivity index is 0.00000289. The first-order valence-corrected chi connectivity index (χ1v) is 7.87. The Labute approximate surface area is 117 Å². The SMILES string of the molecule is CCCCN(C)S(=O)(=O)N1CCCCC1CN.Cl. The monoisotopic (exact) mass is 299 g/mol. The molecule has 18 heavy (non-hydrogen) atoms. The van der Waals surface area contributed by atoms with Gasteiger partial charge in [-0.1, -0.05) is 19.8 Å². The first-order valence-electron chi connectivity index (χ1n) is 6.47. The van der Waals surface area contributed by atoms with Crippen molar-refractivity contribution in [1.29, 1.82) is 0 Å². The minimum atomic E-state index is -3.31. The van der Waals surface area contributed by atoms with Gasteiger partial charge in [0.05, 0.1) is 0 Å². The van der Waals surface area contributed by atoms with Gasteiger partial charge in [-0.25, -0.2) is 0 Å². The van der Waals surface area contributed by atoms with Crippen molar-refractivity contribution in [2.45, 2.75) is 45.1 Å². The highest BCUT2D eigenvalue weighted by Crippen LogP contribution is 2.21. The summed E-state index contributed by atoms with van der Waals surface area (Å²) in [5.74, 6) is 0. The van der Waals surface area contributed by atoms with E-state index >= 15 is 0 Å². The molecule has 1 unspecified atom stereocenters. The summed E-state index contributed by atoms with van der Waals surface area (Å²) in [5.41, 5.74) is 5.67. The summed E-state index contributed by atoms with van der Waals surface area (Å²) < 4.78 is 27.8. The zero-order valence-corrected chi connectivity index (χ0v) is 13.0. The first kappa shape index (κ1) is 18.1. The minimum Gasteiger partial charge on any atom is -0.329 e. The number of halogens is 1. The maximum absolute atomic E-state index is 12.4. The summed E-state index contributed by atoms with van der Waals surface area (Å²) in [4.78, 5) is 0. The van der Waals surface area contributed by atoms with Gasteiger partial charge in [0.15, 0.2) is 0 Å². The van der Waals surface area contributed by atoms with E-state index in [1.165, 1.54) is 4.31 Å². The van der Waals surface area contributed by atoms with E-state index in [-0.39, 0.29) is 18.4 Å². The van der Waals surface area contributed by atoms with E-state index in [0.717, 1.165) is 32.1 Å². The van der Waals surface area contributed by atoms with Gasteiger partial charge in [-0.05, 0) is 19.3 Å². The van der Waals surface area contributed by atoms with Crippen molar-refractivity contribution in [2.24, 2.45) is 5.73 Å². The van der Waals surface area contributed by atoms with Crippen LogP contribution in [-0.2, 0) is 10.2 Å². The Morgan fingerprint density at radius 3 is 2.61 bits per heavy atom. The molecule has 110 valence electrons. The lowest BCUT2D eigenvalue weighted by Crippen LogP contribution is -2.52. The van der Waals surface area contributed by atoms with Crippen LogP contribution in [0.2, 0.25) is 0 Å². The van der Waals surface area contributed by atoms with Crippen LogP contribution >= 0.6 is 12.4 Å². The molecule has 1 saturated heterocycles. The van der Waals surface area contributed by atoms with Gasteiger partial charge in [0, 0.05) is 32.7 Å². The Kier molecular flexibility index (Phi) is 8.38. The van der Waals surface area contributed by atoms with Crippen LogP contribution in [0.25, 0.3) is 0 Å². The molecule has 0 spiro atoms. The second-order valence-electron chi connectivity index (χ2n) is 4.68. The first-order chi connectivity index (χ1) is 8.04. The molecule has 0 aliphatic carbocycles. The van der Waals surface area contributed by atoms with Gasteiger partial charge in [0.25, 0.3) is 10.2 Å². The number of unbranched alkanes of at least 4 members (excludes halogenated alkanes) is 1. The molecule has 5 nitrogen and oxygen atoms in total. The third-order valence-corrected chi connectivity index (χ3v) is 5.41. The third-order valence-electron chi connectivity index (χ3n) is 3.36. The van der Waals surface area contributed by atoms with Gasteiger partial charge in [-0.15, -0.1) is 12.4 Å². The highest BCUT2D eigenvalue weighted by atomic mass is 35.5. The maximum Gasteiger partial charge on any atom is 0.282 e. The highest BCUT2D eigenvalue weighted by molar-refractivity contribution is 7.86. The summed E-state index contributed by atoms with van der Waals surface area (Å²) in [6.07, 6.45) is 4.80. The smallest absolute Gasteiger partial charge is 0.282 e. The van der Waals surface area contributed by atoms with Gasteiger partial charge in [-0.3, -0.25) is 0 Å². The van der Waals surface area contributed by atoms with Gasteiger partial charge in [0.2, 0.25) is 0 Å². The van der Waals surface area contributed by atoms with E-state index in [4.69, 9.17) is 5.73 Å². The molecule has 1 atom stereocenters. The third kappa shape index (κ3) is 4.35. The molecule has 1 rings (SSSR count). The van der Waals surface area contributed by atoms with Crippen LogP contribution in [0, 0.1) is 0 Å². The predicted octanol–water partition coefficient (Wildman–Crippen LogP) is 1.20. The normalized spacial score (nSPS) is 21.9. The molecule has 7 heteroatoms. The molecular weight excluding hydrogens is 274 g/mol. The molecule has 1 heterocycles. The molecule has 1 aliphatic heterocycles. The van der Waals surface area contributed by atoms with Crippen molar-refractivity contribution in [3.05, 3.63) is 0 Å². The van der Waals surface area contributed by atoms with Crippen molar-refractivity contribution >= 4 is 22.6 Å². The lowest BCUT2D eigenvalue weighted by atomic mass is 10.1. The van der Waals surface area contributed by atoms with Crippen molar-refractivity contribution in [2.75, 3.05) is 26.7 Å². The fraction of sp³-hybridized carbons (Fsp3) is 1.00. The number of piperidine rings is 1. The molecule has 0 amide bonds. The van der Waals surface area contributed by atoms with Crippen LogP contribution in [0.4, 0.5) is 0 Å². The number of hydrogen-bond donors (Lipinski definition) is 1. The zero-order valence-electron chi connectivity index (χ0n) is 11.3. The highest BCUT2D eigenvalue weighted by Gasteiger charge is 2.33. The van der Waals surface area contributed by atoms with Crippen molar-refractivity contribution in [3.8, 4) is 0 Å². The Hall–Kier alpha value is 0.120. The summed E-state index contributed by atoms with van der Waals surface area (Å²) in [5, 5.41) is 0. The molecule has 0 aromatic heterocycles. The molecular formula is C11H26ClN3O2S. The average Bonchev–Trinajstić information content (AvgIpc) is 2.35. The Morgan fingerprint density at radius 2 is 2.06 bits per heavy atom.